The summed E-state index contributed by atoms with van der Waals surface area (Å²) in [5, 5.41) is 12.5. The number of ether oxygens (including phenoxy) is 2. The maximum atomic E-state index is 11.8. The van der Waals surface area contributed by atoms with Crippen molar-refractivity contribution in [2.24, 2.45) is 0 Å². The Balaban J connectivity index is 2.81. The number of amides is 1. The average molecular weight is 281 g/mol. The van der Waals surface area contributed by atoms with E-state index in [-0.39, 0.29) is 0 Å². The highest BCUT2D eigenvalue weighted by atomic mass is 16.6. The van der Waals surface area contributed by atoms with E-state index in [1.165, 1.54) is 0 Å². The van der Waals surface area contributed by atoms with E-state index >= 15 is 0 Å². The molecule has 1 amide bonds. The molecule has 0 aliphatic heterocycles. The lowest BCUT2D eigenvalue weighted by atomic mass is 10.0. The predicted octanol–water partition coefficient (Wildman–Crippen LogP) is 2.64. The largest absolute Gasteiger partial charge is 0.497 e. The molecule has 0 bridgehead atoms. The van der Waals surface area contributed by atoms with Crippen LogP contribution in [0.2, 0.25) is 0 Å². The molecule has 20 heavy (non-hydrogen) atoms. The number of aliphatic hydroxyl groups excluding tert-OH is 1. The van der Waals surface area contributed by atoms with Crippen molar-refractivity contribution in [3.05, 3.63) is 29.8 Å². The van der Waals surface area contributed by atoms with Crippen molar-refractivity contribution in [3.8, 4) is 5.75 Å². The molecule has 0 saturated carbocycles. The lowest BCUT2D eigenvalue weighted by Gasteiger charge is -2.25. The first kappa shape index (κ1) is 16.3. The molecule has 0 heterocycles. The van der Waals surface area contributed by atoms with Gasteiger partial charge in [-0.1, -0.05) is 12.1 Å². The molecule has 1 aromatic carbocycles. The molecule has 1 rings (SSSR count). The first-order valence-electron chi connectivity index (χ1n) is 6.54. The molecule has 2 atom stereocenters. The van der Waals surface area contributed by atoms with Crippen LogP contribution in [0.1, 0.15) is 39.3 Å². The molecule has 0 aliphatic carbocycles. The maximum absolute atomic E-state index is 11.8. The van der Waals surface area contributed by atoms with E-state index in [1.807, 2.05) is 0 Å². The van der Waals surface area contributed by atoms with Crippen molar-refractivity contribution in [1.82, 2.24) is 5.32 Å². The number of methoxy groups -OCH3 is 1. The van der Waals surface area contributed by atoms with Gasteiger partial charge in [-0.2, -0.15) is 0 Å². The molecule has 0 saturated heterocycles. The van der Waals surface area contributed by atoms with Gasteiger partial charge in [0, 0.05) is 0 Å². The third kappa shape index (κ3) is 5.09. The summed E-state index contributed by atoms with van der Waals surface area (Å²) in [5.41, 5.74) is 0.208. The molecule has 0 unspecified atom stereocenters. The van der Waals surface area contributed by atoms with Gasteiger partial charge in [0.2, 0.25) is 0 Å². The topological polar surface area (TPSA) is 67.8 Å². The van der Waals surface area contributed by atoms with E-state index in [9.17, 15) is 9.90 Å². The Kier molecular flexibility index (Phi) is 5.39. The molecule has 2 N–H and O–H groups in total. The molecule has 5 nitrogen and oxygen atoms in total. The van der Waals surface area contributed by atoms with E-state index in [1.54, 1.807) is 59.1 Å². The Morgan fingerprint density at radius 3 is 2.20 bits per heavy atom. The minimum absolute atomic E-state index is 0.532. The van der Waals surface area contributed by atoms with E-state index < -0.39 is 23.8 Å². The van der Waals surface area contributed by atoms with Gasteiger partial charge in [-0.15, -0.1) is 0 Å². The van der Waals surface area contributed by atoms with Gasteiger partial charge >= 0.3 is 6.09 Å². The van der Waals surface area contributed by atoms with Gasteiger partial charge in [0.1, 0.15) is 11.4 Å². The molecular formula is C15H23NO4. The van der Waals surface area contributed by atoms with E-state index in [2.05, 4.69) is 5.32 Å². The molecule has 1 aromatic rings. The molecule has 0 spiro atoms. The van der Waals surface area contributed by atoms with Gasteiger partial charge in [-0.05, 0) is 45.4 Å². The summed E-state index contributed by atoms with van der Waals surface area (Å²) in [6.07, 6.45) is -1.30. The Labute approximate surface area is 119 Å². The quantitative estimate of drug-likeness (QED) is 0.890. The number of benzene rings is 1. The van der Waals surface area contributed by atoms with E-state index in [0.29, 0.717) is 0 Å². The average Bonchev–Trinajstić information content (AvgIpc) is 2.34. The predicted molar refractivity (Wildman–Crippen MR) is 76.8 cm³/mol. The van der Waals surface area contributed by atoms with Crippen molar-refractivity contribution in [3.63, 3.8) is 0 Å². The van der Waals surface area contributed by atoms with Crippen LogP contribution in [0.3, 0.4) is 0 Å². The lowest BCUT2D eigenvalue weighted by Crippen LogP contribution is -2.38. The fraction of sp³-hybridized carbons (Fsp3) is 0.533. The van der Waals surface area contributed by atoms with Crippen molar-refractivity contribution >= 4 is 6.09 Å². The fourth-order valence-corrected chi connectivity index (χ4v) is 1.73. The van der Waals surface area contributed by atoms with Crippen LogP contribution in [0.25, 0.3) is 0 Å². The highest BCUT2D eigenvalue weighted by molar-refractivity contribution is 5.68. The van der Waals surface area contributed by atoms with Gasteiger partial charge in [-0.3, -0.25) is 0 Å². The number of carbonyl (C=O) groups excluding carboxylic acids is 1. The van der Waals surface area contributed by atoms with Gasteiger partial charge < -0.3 is 19.9 Å². The number of hydrogen-bond acceptors (Lipinski definition) is 4. The van der Waals surface area contributed by atoms with Crippen molar-refractivity contribution in [2.45, 2.75) is 45.4 Å². The van der Waals surface area contributed by atoms with Crippen molar-refractivity contribution in [1.29, 1.82) is 0 Å². The standard InChI is InChI=1S/C15H23NO4/c1-10(17)13(16-14(18)20-15(2,3)4)11-6-8-12(19-5)9-7-11/h6-10,13,17H,1-5H3,(H,16,18)/t10-,13+/m0/s1. The first-order valence-corrected chi connectivity index (χ1v) is 6.54. The molecule has 0 aliphatic rings. The van der Waals surface area contributed by atoms with Crippen LogP contribution < -0.4 is 10.1 Å². The monoisotopic (exact) mass is 281 g/mol. The van der Waals surface area contributed by atoms with Gasteiger partial charge in [0.05, 0.1) is 19.3 Å². The van der Waals surface area contributed by atoms with Gasteiger partial charge in [-0.25, -0.2) is 4.79 Å². The summed E-state index contributed by atoms with van der Waals surface area (Å²) in [6.45, 7) is 6.98. The van der Waals surface area contributed by atoms with Crippen LogP contribution >= 0.6 is 0 Å². The molecule has 5 heteroatoms. The van der Waals surface area contributed by atoms with Gasteiger partial charge in [0.15, 0.2) is 0 Å². The maximum Gasteiger partial charge on any atom is 0.408 e. The number of nitrogens with one attached hydrogen (secondary N) is 1. The number of carbonyl (C=O) groups is 1. The molecule has 0 radical (unpaired) electrons. The van der Waals surface area contributed by atoms with Crippen LogP contribution in [0.4, 0.5) is 4.79 Å². The Hall–Kier alpha value is -1.75. The molecule has 0 aromatic heterocycles. The second-order valence-corrected chi connectivity index (χ2v) is 5.64. The summed E-state index contributed by atoms with van der Waals surface area (Å²) in [6, 6.07) is 6.63. The Bertz CT molecular complexity index is 434. The summed E-state index contributed by atoms with van der Waals surface area (Å²) in [4.78, 5) is 11.8. The summed E-state index contributed by atoms with van der Waals surface area (Å²) in [5.74, 6) is 0.718. The van der Waals surface area contributed by atoms with Crippen LogP contribution in [-0.2, 0) is 4.74 Å². The zero-order chi connectivity index (χ0) is 15.3. The number of hydrogen-bond donors (Lipinski definition) is 2. The zero-order valence-electron chi connectivity index (χ0n) is 12.6. The number of aliphatic hydroxyl groups is 1. The van der Waals surface area contributed by atoms with Crippen LogP contribution in [0.5, 0.6) is 5.75 Å². The van der Waals surface area contributed by atoms with Crippen LogP contribution in [0.15, 0.2) is 24.3 Å². The third-order valence-electron chi connectivity index (χ3n) is 2.63. The highest BCUT2D eigenvalue weighted by Crippen LogP contribution is 2.21. The minimum atomic E-state index is -0.740. The van der Waals surface area contributed by atoms with Crippen LogP contribution in [-0.4, -0.2) is 30.0 Å². The zero-order valence-corrected chi connectivity index (χ0v) is 12.6. The summed E-state index contributed by atoms with van der Waals surface area (Å²) >= 11 is 0. The number of rotatable bonds is 4. The van der Waals surface area contributed by atoms with E-state index in [0.717, 1.165) is 11.3 Å². The molecule has 112 valence electrons. The molecular weight excluding hydrogens is 258 g/mol. The van der Waals surface area contributed by atoms with Crippen molar-refractivity contribution in [2.75, 3.05) is 7.11 Å². The SMILES string of the molecule is COc1ccc([C@H](NC(=O)OC(C)(C)C)[C@H](C)O)cc1. The normalized spacial score (nSPS) is 14.3. The number of alkyl carbamates (subject to hydrolysis) is 1. The minimum Gasteiger partial charge on any atom is -0.497 e. The second-order valence-electron chi connectivity index (χ2n) is 5.64. The first-order chi connectivity index (χ1) is 9.23. The van der Waals surface area contributed by atoms with Crippen molar-refractivity contribution < 1.29 is 19.4 Å². The Morgan fingerprint density at radius 2 is 1.80 bits per heavy atom. The van der Waals surface area contributed by atoms with Crippen LogP contribution in [0, 0.1) is 0 Å². The lowest BCUT2D eigenvalue weighted by molar-refractivity contribution is 0.0436. The van der Waals surface area contributed by atoms with E-state index in [4.69, 9.17) is 9.47 Å². The Morgan fingerprint density at radius 1 is 1.25 bits per heavy atom. The summed E-state index contributed by atoms with van der Waals surface area (Å²) < 4.78 is 10.3. The second kappa shape index (κ2) is 6.61. The third-order valence-corrected chi connectivity index (χ3v) is 2.63. The summed E-state index contributed by atoms with van der Waals surface area (Å²) in [7, 11) is 1.58. The highest BCUT2D eigenvalue weighted by Gasteiger charge is 2.23. The fourth-order valence-electron chi connectivity index (χ4n) is 1.73. The van der Waals surface area contributed by atoms with Gasteiger partial charge in [0.25, 0.3) is 0 Å². The molecule has 0 fully saturated rings. The smallest absolute Gasteiger partial charge is 0.408 e.